The molecule has 0 atom stereocenters. The highest BCUT2D eigenvalue weighted by Crippen LogP contribution is 2.39. The largest absolute Gasteiger partial charge is 0.103 e. The van der Waals surface area contributed by atoms with Crippen molar-refractivity contribution in [1.29, 1.82) is 0 Å². The van der Waals surface area contributed by atoms with Crippen molar-refractivity contribution in [3.63, 3.8) is 0 Å². The Morgan fingerprint density at radius 1 is 0.706 bits per heavy atom. The molecule has 1 aliphatic rings. The molecule has 1 aromatic rings. The Bertz CT molecular complexity index is 539. The van der Waals surface area contributed by atoms with Gasteiger partial charge in [-0.3, -0.25) is 0 Å². The van der Waals surface area contributed by atoms with Crippen LogP contribution in [0.1, 0.15) is 135 Å². The quantitative estimate of drug-likeness (QED) is 0.382. The van der Waals surface area contributed by atoms with Crippen molar-refractivity contribution in [2.45, 2.75) is 136 Å². The third-order valence-corrected chi connectivity index (χ3v) is 3.93. The van der Waals surface area contributed by atoms with Gasteiger partial charge in [-0.25, -0.2) is 0 Å². The molecule has 0 N–H and O–H groups in total. The van der Waals surface area contributed by atoms with Crippen molar-refractivity contribution in [2.75, 3.05) is 0 Å². The Labute approximate surface area is 218 Å². The molecule has 0 aliphatic heterocycles. The van der Waals surface area contributed by atoms with Gasteiger partial charge in [0.15, 0.2) is 0 Å². The van der Waals surface area contributed by atoms with E-state index < -0.39 is 0 Å². The second-order valence-corrected chi connectivity index (χ2v) is 14.9. The first-order valence-electron chi connectivity index (χ1n) is 13.8. The van der Waals surface area contributed by atoms with Gasteiger partial charge in [0.2, 0.25) is 0 Å². The van der Waals surface area contributed by atoms with Crippen molar-refractivity contribution in [2.24, 2.45) is 34.0 Å². The van der Waals surface area contributed by atoms with Crippen molar-refractivity contribution >= 4 is 0 Å². The molecular formula is C34H66. The van der Waals surface area contributed by atoms with Crippen LogP contribution in [0.15, 0.2) is 43.0 Å². The molecule has 0 bridgehead atoms. The normalized spacial score (nSPS) is 13.2. The van der Waals surface area contributed by atoms with Gasteiger partial charge in [-0.15, -0.1) is 6.58 Å². The van der Waals surface area contributed by atoms with Gasteiger partial charge in [0.1, 0.15) is 0 Å². The topological polar surface area (TPSA) is 0 Å². The average Bonchev–Trinajstić information content (AvgIpc) is 3.35. The molecule has 2 rings (SSSR count). The molecule has 0 unspecified atom stereocenters. The maximum Gasteiger partial charge on any atom is -0.0230 e. The molecule has 0 spiro atoms. The first-order chi connectivity index (χ1) is 15.2. The first kappa shape index (κ1) is 37.5. The SMILES string of the molecule is C=CCC(C)(C)C.CC(C)(C)CC1CC1.CC(C)(C)Cc1ccccc1.CC(C)C.CC(C)C. The molecule has 0 amide bonds. The number of hydrogen-bond acceptors (Lipinski definition) is 0. The van der Waals surface area contributed by atoms with Gasteiger partial charge in [-0.1, -0.05) is 153 Å². The Morgan fingerprint density at radius 2 is 1.09 bits per heavy atom. The molecule has 0 radical (unpaired) electrons. The molecular weight excluding hydrogens is 408 g/mol. The zero-order chi connectivity index (χ0) is 27.6. The average molecular weight is 475 g/mol. The van der Waals surface area contributed by atoms with E-state index in [1.165, 1.54) is 24.8 Å². The highest BCUT2D eigenvalue weighted by Gasteiger charge is 2.26. The maximum atomic E-state index is 3.65. The zero-order valence-corrected chi connectivity index (χ0v) is 26.4. The maximum absolute atomic E-state index is 3.65. The van der Waals surface area contributed by atoms with Crippen LogP contribution in [0.5, 0.6) is 0 Å². The summed E-state index contributed by atoms with van der Waals surface area (Å²) in [6.07, 6.45) is 8.66. The zero-order valence-electron chi connectivity index (χ0n) is 26.4. The first-order valence-corrected chi connectivity index (χ1v) is 13.8. The fourth-order valence-corrected chi connectivity index (χ4v) is 2.83. The van der Waals surface area contributed by atoms with Crippen LogP contribution in [0, 0.1) is 34.0 Å². The second kappa shape index (κ2) is 19.2. The molecule has 1 aromatic carbocycles. The van der Waals surface area contributed by atoms with E-state index >= 15 is 0 Å². The monoisotopic (exact) mass is 475 g/mol. The summed E-state index contributed by atoms with van der Waals surface area (Å²) in [5.74, 6) is 2.76. The minimum absolute atomic E-state index is 0.404. The molecule has 1 fully saturated rings. The van der Waals surface area contributed by atoms with Crippen molar-refractivity contribution < 1.29 is 0 Å². The summed E-state index contributed by atoms with van der Waals surface area (Å²) in [5, 5.41) is 0. The van der Waals surface area contributed by atoms with Gasteiger partial charge in [-0.05, 0) is 58.8 Å². The van der Waals surface area contributed by atoms with Gasteiger partial charge in [0, 0.05) is 0 Å². The fraction of sp³-hybridized carbons (Fsp3) is 0.765. The lowest BCUT2D eigenvalue weighted by atomic mass is 9.88. The van der Waals surface area contributed by atoms with Crippen LogP contribution in [-0.2, 0) is 6.42 Å². The highest BCUT2D eigenvalue weighted by atomic mass is 14.3. The number of hydrogen-bond donors (Lipinski definition) is 0. The fourth-order valence-electron chi connectivity index (χ4n) is 2.83. The Hall–Kier alpha value is -1.04. The van der Waals surface area contributed by atoms with E-state index in [-0.39, 0.29) is 0 Å². The second-order valence-electron chi connectivity index (χ2n) is 14.9. The van der Waals surface area contributed by atoms with Crippen LogP contribution in [0.2, 0.25) is 0 Å². The van der Waals surface area contributed by atoms with Gasteiger partial charge >= 0.3 is 0 Å². The van der Waals surface area contributed by atoms with E-state index in [9.17, 15) is 0 Å². The van der Waals surface area contributed by atoms with Gasteiger partial charge < -0.3 is 0 Å². The van der Waals surface area contributed by atoms with Crippen molar-refractivity contribution in [1.82, 2.24) is 0 Å². The van der Waals surface area contributed by atoms with Gasteiger partial charge in [0.05, 0.1) is 0 Å². The lowest BCUT2D eigenvalue weighted by Gasteiger charge is -2.17. The Balaban J connectivity index is -0.000000375. The smallest absolute Gasteiger partial charge is 0.0230 e. The van der Waals surface area contributed by atoms with Crippen LogP contribution < -0.4 is 0 Å². The van der Waals surface area contributed by atoms with E-state index in [1.807, 2.05) is 6.08 Å². The molecule has 0 nitrogen and oxygen atoms in total. The molecule has 1 saturated carbocycles. The summed E-state index contributed by atoms with van der Waals surface area (Å²) in [4.78, 5) is 0. The molecule has 34 heavy (non-hydrogen) atoms. The summed E-state index contributed by atoms with van der Waals surface area (Å²) in [6, 6.07) is 10.6. The number of rotatable bonds is 3. The van der Waals surface area contributed by atoms with Crippen LogP contribution in [-0.4, -0.2) is 0 Å². The van der Waals surface area contributed by atoms with E-state index in [2.05, 4.69) is 141 Å². The van der Waals surface area contributed by atoms with Crippen LogP contribution in [0.4, 0.5) is 0 Å². The predicted molar refractivity (Wildman–Crippen MR) is 162 cm³/mol. The molecule has 0 heteroatoms. The molecule has 0 heterocycles. The lowest BCUT2D eigenvalue weighted by molar-refractivity contribution is 0.354. The molecule has 0 aromatic heterocycles. The summed E-state index contributed by atoms with van der Waals surface area (Å²) in [7, 11) is 0. The van der Waals surface area contributed by atoms with E-state index in [4.69, 9.17) is 0 Å². The van der Waals surface area contributed by atoms with Crippen LogP contribution in [0.3, 0.4) is 0 Å². The number of benzene rings is 1. The van der Waals surface area contributed by atoms with Crippen molar-refractivity contribution in [3.8, 4) is 0 Å². The molecule has 202 valence electrons. The van der Waals surface area contributed by atoms with E-state index in [1.54, 1.807) is 0 Å². The number of allylic oxidation sites excluding steroid dienone is 1. The summed E-state index contributed by atoms with van der Waals surface area (Å²) in [5.41, 5.74) is 2.85. The Morgan fingerprint density at radius 3 is 1.26 bits per heavy atom. The van der Waals surface area contributed by atoms with Gasteiger partial charge in [-0.2, -0.15) is 0 Å². The minimum Gasteiger partial charge on any atom is -0.103 e. The van der Waals surface area contributed by atoms with Crippen LogP contribution >= 0.6 is 0 Å². The lowest BCUT2D eigenvalue weighted by Crippen LogP contribution is -2.08. The van der Waals surface area contributed by atoms with E-state index in [0.29, 0.717) is 16.2 Å². The third kappa shape index (κ3) is 48.4. The predicted octanol–water partition coefficient (Wildman–Crippen LogP) is 12.0. The minimum atomic E-state index is 0.404. The summed E-state index contributed by atoms with van der Waals surface area (Å²) < 4.78 is 0. The molecule has 0 saturated heterocycles. The van der Waals surface area contributed by atoms with Crippen molar-refractivity contribution in [3.05, 3.63) is 48.6 Å². The third-order valence-electron chi connectivity index (χ3n) is 3.93. The molecule has 1 aliphatic carbocycles. The van der Waals surface area contributed by atoms with Gasteiger partial charge in [0.25, 0.3) is 0 Å². The van der Waals surface area contributed by atoms with E-state index in [0.717, 1.165) is 30.6 Å². The Kier molecular flexibility index (Phi) is 21.2. The summed E-state index contributed by atoms with van der Waals surface area (Å²) in [6.45, 7) is 37.0. The summed E-state index contributed by atoms with van der Waals surface area (Å²) >= 11 is 0. The van der Waals surface area contributed by atoms with Crippen LogP contribution in [0.25, 0.3) is 0 Å². The highest BCUT2D eigenvalue weighted by molar-refractivity contribution is 5.15. The standard InChI is InChI=1S/C11H16.C8H16.C7H14.2C4H10/c1-11(2,3)9-10-7-5-4-6-8-10;1-8(2,3)6-7-4-5-7;1-5-6-7(2,3)4;2*1-4(2)3/h4-8H,9H2,1-3H3;7H,4-6H2,1-3H3;5H,1,6H2,2-4H3;2*4H,1-3H3.